The van der Waals surface area contributed by atoms with Crippen LogP contribution in [-0.4, -0.2) is 48.5 Å². The molecule has 5 heteroatoms. The second-order valence-corrected chi connectivity index (χ2v) is 5.35. The Morgan fingerprint density at radius 2 is 1.86 bits per heavy atom. The molecule has 2 rings (SSSR count). The van der Waals surface area contributed by atoms with Gasteiger partial charge < -0.3 is 14.7 Å². The number of aliphatic carboxylic acids is 1. The molecule has 0 amide bonds. The van der Waals surface area contributed by atoms with E-state index >= 15 is 0 Å². The van der Waals surface area contributed by atoms with E-state index in [0.29, 0.717) is 6.54 Å². The Kier molecular flexibility index (Phi) is 5.33. The highest BCUT2D eigenvalue weighted by molar-refractivity contribution is 5.98. The molecule has 1 saturated heterocycles. The van der Waals surface area contributed by atoms with E-state index in [2.05, 4.69) is 4.90 Å². The zero-order valence-electron chi connectivity index (χ0n) is 12.2. The molecule has 0 bridgehead atoms. The summed E-state index contributed by atoms with van der Waals surface area (Å²) < 4.78 is 5.09. The van der Waals surface area contributed by atoms with Crippen molar-refractivity contribution in [2.45, 2.75) is 19.3 Å². The molecule has 1 N–H and O–H groups in total. The highest BCUT2D eigenvalue weighted by Gasteiger charge is 2.25. The van der Waals surface area contributed by atoms with Crippen LogP contribution in [0.3, 0.4) is 0 Å². The van der Waals surface area contributed by atoms with Crippen molar-refractivity contribution in [3.63, 3.8) is 0 Å². The molecule has 0 radical (unpaired) electrons. The van der Waals surface area contributed by atoms with Gasteiger partial charge in [0.05, 0.1) is 13.5 Å². The number of carbonyl (C=O) groups excluding carboxylic acids is 1. The molecule has 1 aromatic rings. The molecular formula is C16H21NO4. The van der Waals surface area contributed by atoms with Crippen LogP contribution in [0.4, 0.5) is 0 Å². The molecule has 0 atom stereocenters. The van der Waals surface area contributed by atoms with Crippen LogP contribution in [0, 0.1) is 5.92 Å². The fourth-order valence-corrected chi connectivity index (χ4v) is 2.66. The molecule has 0 aromatic heterocycles. The van der Waals surface area contributed by atoms with Crippen LogP contribution in [0.1, 0.15) is 29.6 Å². The van der Waals surface area contributed by atoms with Crippen molar-refractivity contribution in [1.29, 1.82) is 0 Å². The summed E-state index contributed by atoms with van der Waals surface area (Å²) in [7, 11) is 1.60. The van der Waals surface area contributed by atoms with Gasteiger partial charge in [-0.05, 0) is 50.2 Å². The number of benzene rings is 1. The second kappa shape index (κ2) is 7.22. The topological polar surface area (TPSA) is 66.8 Å². The van der Waals surface area contributed by atoms with Gasteiger partial charge in [-0.15, -0.1) is 0 Å². The molecule has 1 aromatic carbocycles. The third-order valence-corrected chi connectivity index (χ3v) is 3.97. The Morgan fingerprint density at radius 3 is 2.38 bits per heavy atom. The molecular weight excluding hydrogens is 270 g/mol. The van der Waals surface area contributed by atoms with Crippen LogP contribution >= 0.6 is 0 Å². The summed E-state index contributed by atoms with van der Waals surface area (Å²) in [5.41, 5.74) is 0.722. The van der Waals surface area contributed by atoms with E-state index in [1.54, 1.807) is 31.4 Å². The number of nitrogens with zero attached hydrogens (tertiary/aromatic N) is 1. The number of carbonyl (C=O) groups is 2. The average molecular weight is 291 g/mol. The minimum absolute atomic E-state index is 0.0412. The van der Waals surface area contributed by atoms with Crippen LogP contribution < -0.4 is 4.74 Å². The van der Waals surface area contributed by atoms with Crippen LogP contribution in [0.25, 0.3) is 0 Å². The third-order valence-electron chi connectivity index (χ3n) is 3.97. The Bertz CT molecular complexity index is 490. The molecule has 1 heterocycles. The molecule has 114 valence electrons. The third kappa shape index (κ3) is 4.29. The Labute approximate surface area is 124 Å². The molecule has 0 aliphatic carbocycles. The summed E-state index contributed by atoms with van der Waals surface area (Å²) in [6.07, 6.45) is 1.76. The van der Waals surface area contributed by atoms with Gasteiger partial charge in [-0.2, -0.15) is 0 Å². The fraction of sp³-hybridized carbons (Fsp3) is 0.500. The van der Waals surface area contributed by atoms with Gasteiger partial charge in [0.2, 0.25) is 0 Å². The summed E-state index contributed by atoms with van der Waals surface area (Å²) in [5, 5.41) is 8.68. The number of ether oxygens (including phenoxy) is 1. The van der Waals surface area contributed by atoms with Crippen molar-refractivity contribution in [2.24, 2.45) is 5.92 Å². The van der Waals surface area contributed by atoms with E-state index in [-0.39, 0.29) is 18.1 Å². The quantitative estimate of drug-likeness (QED) is 0.813. The van der Waals surface area contributed by atoms with Crippen LogP contribution in [0.15, 0.2) is 24.3 Å². The molecule has 1 aliphatic heterocycles. The number of likely N-dealkylation sites (tertiary alicyclic amines) is 1. The maximum absolute atomic E-state index is 12.4. The minimum atomic E-state index is -0.772. The summed E-state index contributed by atoms with van der Waals surface area (Å²) in [5.74, 6) is 0.191. The van der Waals surface area contributed by atoms with E-state index in [0.717, 1.165) is 37.2 Å². The van der Waals surface area contributed by atoms with Crippen molar-refractivity contribution in [2.75, 3.05) is 26.7 Å². The lowest BCUT2D eigenvalue weighted by Gasteiger charge is -2.30. The summed E-state index contributed by atoms with van der Waals surface area (Å²) in [6.45, 7) is 2.15. The predicted molar refractivity (Wildman–Crippen MR) is 78.7 cm³/mol. The molecule has 21 heavy (non-hydrogen) atoms. The molecule has 1 aliphatic rings. The smallest absolute Gasteiger partial charge is 0.304 e. The molecule has 0 saturated carbocycles. The SMILES string of the molecule is COc1ccc(C(=O)C2CCN(CCC(=O)O)CC2)cc1. The van der Waals surface area contributed by atoms with Gasteiger partial charge in [0.15, 0.2) is 5.78 Å². The number of carboxylic acid groups (broad SMARTS) is 1. The van der Waals surface area contributed by atoms with Crippen molar-refractivity contribution >= 4 is 11.8 Å². The number of hydrogen-bond acceptors (Lipinski definition) is 4. The minimum Gasteiger partial charge on any atom is -0.497 e. The standard InChI is InChI=1S/C16H21NO4/c1-21-14-4-2-12(3-5-14)16(20)13-6-9-17(10-7-13)11-8-15(18)19/h2-5,13H,6-11H2,1H3,(H,18,19). The second-order valence-electron chi connectivity index (χ2n) is 5.35. The van der Waals surface area contributed by atoms with Gasteiger partial charge in [-0.25, -0.2) is 0 Å². The Balaban J connectivity index is 1.86. The lowest BCUT2D eigenvalue weighted by Crippen LogP contribution is -2.37. The highest BCUT2D eigenvalue weighted by Crippen LogP contribution is 2.23. The van der Waals surface area contributed by atoms with Gasteiger partial charge in [-0.3, -0.25) is 9.59 Å². The lowest BCUT2D eigenvalue weighted by molar-refractivity contribution is -0.137. The maximum Gasteiger partial charge on any atom is 0.304 e. The van der Waals surface area contributed by atoms with Crippen LogP contribution in [0.5, 0.6) is 5.75 Å². The number of carboxylic acids is 1. The van der Waals surface area contributed by atoms with E-state index in [1.165, 1.54) is 0 Å². The number of methoxy groups -OCH3 is 1. The zero-order chi connectivity index (χ0) is 15.2. The van der Waals surface area contributed by atoms with E-state index in [1.807, 2.05) is 0 Å². The van der Waals surface area contributed by atoms with Crippen molar-refractivity contribution in [3.8, 4) is 5.75 Å². The van der Waals surface area contributed by atoms with E-state index < -0.39 is 5.97 Å². The number of piperidine rings is 1. The van der Waals surface area contributed by atoms with Crippen molar-refractivity contribution in [3.05, 3.63) is 29.8 Å². The first kappa shape index (κ1) is 15.5. The fourth-order valence-electron chi connectivity index (χ4n) is 2.66. The number of Topliss-reactive ketones (excluding diaryl/α,β-unsaturated/α-hetero) is 1. The molecule has 0 unspecified atom stereocenters. The first-order valence-electron chi connectivity index (χ1n) is 7.22. The van der Waals surface area contributed by atoms with E-state index in [9.17, 15) is 9.59 Å². The largest absolute Gasteiger partial charge is 0.497 e. The van der Waals surface area contributed by atoms with Crippen molar-refractivity contribution in [1.82, 2.24) is 4.90 Å². The van der Waals surface area contributed by atoms with E-state index in [4.69, 9.17) is 9.84 Å². The lowest BCUT2D eigenvalue weighted by atomic mass is 9.89. The van der Waals surface area contributed by atoms with Gasteiger partial charge in [0.25, 0.3) is 0 Å². The monoisotopic (exact) mass is 291 g/mol. The first-order chi connectivity index (χ1) is 10.1. The summed E-state index contributed by atoms with van der Waals surface area (Å²) >= 11 is 0. The Hall–Kier alpha value is -1.88. The van der Waals surface area contributed by atoms with Gasteiger partial charge in [0, 0.05) is 18.0 Å². The molecule has 0 spiro atoms. The number of ketones is 1. The van der Waals surface area contributed by atoms with Crippen LogP contribution in [-0.2, 0) is 4.79 Å². The van der Waals surface area contributed by atoms with Gasteiger partial charge >= 0.3 is 5.97 Å². The maximum atomic E-state index is 12.4. The van der Waals surface area contributed by atoms with Gasteiger partial charge in [-0.1, -0.05) is 0 Å². The summed E-state index contributed by atoms with van der Waals surface area (Å²) in [6, 6.07) is 7.21. The average Bonchev–Trinajstić information content (AvgIpc) is 2.53. The summed E-state index contributed by atoms with van der Waals surface area (Å²) in [4.78, 5) is 25.1. The Morgan fingerprint density at radius 1 is 1.24 bits per heavy atom. The van der Waals surface area contributed by atoms with Crippen molar-refractivity contribution < 1.29 is 19.4 Å². The van der Waals surface area contributed by atoms with Gasteiger partial charge in [0.1, 0.15) is 5.75 Å². The molecule has 1 fully saturated rings. The predicted octanol–water partition coefficient (Wildman–Crippen LogP) is 2.06. The molecule has 5 nitrogen and oxygen atoms in total. The first-order valence-corrected chi connectivity index (χ1v) is 7.22. The number of rotatable bonds is 6. The highest BCUT2D eigenvalue weighted by atomic mass is 16.5. The zero-order valence-corrected chi connectivity index (χ0v) is 12.2. The van der Waals surface area contributed by atoms with Crippen LogP contribution in [0.2, 0.25) is 0 Å². The normalized spacial score (nSPS) is 16.6. The number of hydrogen-bond donors (Lipinski definition) is 1.